The maximum atomic E-state index is 5.05. The summed E-state index contributed by atoms with van der Waals surface area (Å²) in [5.74, 6) is 5.80. The molecule has 0 heterocycles. The third-order valence-corrected chi connectivity index (χ3v) is 1.80. The van der Waals surface area contributed by atoms with Crippen LogP contribution in [0.1, 0.15) is 12.5 Å². The van der Waals surface area contributed by atoms with Crippen LogP contribution in [0, 0.1) is 11.8 Å². The molecule has 0 saturated carbocycles. The van der Waals surface area contributed by atoms with Crippen molar-refractivity contribution in [1.82, 2.24) is 0 Å². The molecular formula is C12H15NO. The van der Waals surface area contributed by atoms with E-state index in [1.807, 2.05) is 25.1 Å². The number of ether oxygens (including phenoxy) is 1. The predicted octanol–water partition coefficient (Wildman–Crippen LogP) is 2.27. The lowest BCUT2D eigenvalue weighted by Gasteiger charge is -2.04. The minimum atomic E-state index is 0.648. The van der Waals surface area contributed by atoms with Gasteiger partial charge in [-0.3, -0.25) is 0 Å². The second kappa shape index (κ2) is 6.06. The topological polar surface area (TPSA) is 21.3 Å². The van der Waals surface area contributed by atoms with Gasteiger partial charge in [0.2, 0.25) is 0 Å². The molecule has 2 nitrogen and oxygen atoms in total. The summed E-state index contributed by atoms with van der Waals surface area (Å²) in [7, 11) is 1.70. The third kappa shape index (κ3) is 3.51. The molecule has 0 unspecified atom stereocenters. The van der Waals surface area contributed by atoms with Gasteiger partial charge in [0.1, 0.15) is 0 Å². The summed E-state index contributed by atoms with van der Waals surface area (Å²) in [6.45, 7) is 3.17. The zero-order valence-electron chi connectivity index (χ0n) is 8.63. The molecule has 0 aromatic heterocycles. The Bertz CT molecular complexity index is 336. The van der Waals surface area contributed by atoms with Crippen LogP contribution in [-0.2, 0) is 11.3 Å². The molecule has 2 heteroatoms. The van der Waals surface area contributed by atoms with Crippen LogP contribution in [0.4, 0.5) is 5.69 Å². The highest BCUT2D eigenvalue weighted by Crippen LogP contribution is 2.10. The smallest absolute Gasteiger partial charge is 0.0765 e. The van der Waals surface area contributed by atoms with E-state index in [0.717, 1.165) is 5.69 Å². The second-order valence-electron chi connectivity index (χ2n) is 2.91. The number of methoxy groups -OCH3 is 1. The van der Waals surface area contributed by atoms with Crippen molar-refractivity contribution >= 4 is 5.69 Å². The number of anilines is 1. The second-order valence-corrected chi connectivity index (χ2v) is 2.91. The first-order valence-electron chi connectivity index (χ1n) is 4.58. The van der Waals surface area contributed by atoms with Gasteiger partial charge in [-0.05, 0) is 24.6 Å². The normalized spacial score (nSPS) is 9.00. The monoisotopic (exact) mass is 189 g/mol. The fraction of sp³-hybridized carbons (Fsp3) is 0.333. The van der Waals surface area contributed by atoms with Crippen LogP contribution in [0.3, 0.4) is 0 Å². The Morgan fingerprint density at radius 1 is 1.43 bits per heavy atom. The summed E-state index contributed by atoms with van der Waals surface area (Å²) in [5.41, 5.74) is 2.25. The van der Waals surface area contributed by atoms with Gasteiger partial charge < -0.3 is 10.1 Å². The van der Waals surface area contributed by atoms with Crippen molar-refractivity contribution in [2.24, 2.45) is 0 Å². The highest BCUT2D eigenvalue weighted by Gasteiger charge is 1.93. The first-order valence-corrected chi connectivity index (χ1v) is 4.58. The predicted molar refractivity (Wildman–Crippen MR) is 59.1 cm³/mol. The molecule has 0 aliphatic rings. The van der Waals surface area contributed by atoms with Crippen molar-refractivity contribution in [3.8, 4) is 11.8 Å². The van der Waals surface area contributed by atoms with Gasteiger partial charge in [0.05, 0.1) is 13.2 Å². The molecule has 74 valence electrons. The fourth-order valence-electron chi connectivity index (χ4n) is 1.17. The summed E-state index contributed by atoms with van der Waals surface area (Å²) >= 11 is 0. The van der Waals surface area contributed by atoms with Gasteiger partial charge >= 0.3 is 0 Å². The van der Waals surface area contributed by atoms with E-state index in [4.69, 9.17) is 4.74 Å². The number of benzene rings is 1. The average molecular weight is 189 g/mol. The molecule has 0 spiro atoms. The summed E-state index contributed by atoms with van der Waals surface area (Å²) in [6, 6.07) is 8.15. The summed E-state index contributed by atoms with van der Waals surface area (Å²) in [5, 5.41) is 3.22. The van der Waals surface area contributed by atoms with Gasteiger partial charge in [-0.15, -0.1) is 5.92 Å². The van der Waals surface area contributed by atoms with E-state index >= 15 is 0 Å². The van der Waals surface area contributed by atoms with E-state index in [1.54, 1.807) is 7.11 Å². The maximum Gasteiger partial charge on any atom is 0.0765 e. The molecule has 0 fully saturated rings. The van der Waals surface area contributed by atoms with E-state index in [0.29, 0.717) is 13.2 Å². The molecule has 1 rings (SSSR count). The van der Waals surface area contributed by atoms with Crippen LogP contribution in [0.25, 0.3) is 0 Å². The molecule has 1 aromatic carbocycles. The first-order chi connectivity index (χ1) is 6.86. The molecule has 0 amide bonds. The zero-order valence-corrected chi connectivity index (χ0v) is 8.63. The Kier molecular flexibility index (Phi) is 4.60. The SMILES string of the molecule is CC#CCNc1cccc(COC)c1. The minimum Gasteiger partial charge on any atom is -0.380 e. The van der Waals surface area contributed by atoms with Gasteiger partial charge in [-0.25, -0.2) is 0 Å². The first kappa shape index (κ1) is 10.6. The number of hydrogen-bond donors (Lipinski definition) is 1. The summed E-state index contributed by atoms with van der Waals surface area (Å²) < 4.78 is 5.05. The van der Waals surface area contributed by atoms with Crippen LogP contribution in [0.2, 0.25) is 0 Å². The Balaban J connectivity index is 2.57. The van der Waals surface area contributed by atoms with E-state index in [-0.39, 0.29) is 0 Å². The molecule has 0 aliphatic heterocycles. The van der Waals surface area contributed by atoms with Crippen molar-refractivity contribution < 1.29 is 4.74 Å². The Morgan fingerprint density at radius 3 is 3.00 bits per heavy atom. The van der Waals surface area contributed by atoms with Crippen molar-refractivity contribution in [1.29, 1.82) is 0 Å². The van der Waals surface area contributed by atoms with Gasteiger partial charge in [0.25, 0.3) is 0 Å². The van der Waals surface area contributed by atoms with Crippen LogP contribution >= 0.6 is 0 Å². The lowest BCUT2D eigenvalue weighted by Crippen LogP contribution is -1.99. The molecule has 1 N–H and O–H groups in total. The van der Waals surface area contributed by atoms with Crippen molar-refractivity contribution in [2.75, 3.05) is 19.0 Å². The van der Waals surface area contributed by atoms with Crippen molar-refractivity contribution in [3.05, 3.63) is 29.8 Å². The molecule has 1 aromatic rings. The highest BCUT2D eigenvalue weighted by molar-refractivity contribution is 5.46. The lowest BCUT2D eigenvalue weighted by molar-refractivity contribution is 0.185. The van der Waals surface area contributed by atoms with Crippen molar-refractivity contribution in [3.63, 3.8) is 0 Å². The quantitative estimate of drug-likeness (QED) is 0.734. The summed E-state index contributed by atoms with van der Waals surface area (Å²) in [6.07, 6.45) is 0. The van der Waals surface area contributed by atoms with E-state index in [2.05, 4.69) is 23.2 Å². The molecule has 0 bridgehead atoms. The van der Waals surface area contributed by atoms with Gasteiger partial charge in [0.15, 0.2) is 0 Å². The summed E-state index contributed by atoms with van der Waals surface area (Å²) in [4.78, 5) is 0. The van der Waals surface area contributed by atoms with Gasteiger partial charge in [-0.2, -0.15) is 0 Å². The zero-order chi connectivity index (χ0) is 10.2. The Hall–Kier alpha value is -1.46. The molecule has 14 heavy (non-hydrogen) atoms. The van der Waals surface area contributed by atoms with Crippen LogP contribution < -0.4 is 5.32 Å². The Labute approximate surface area is 85.3 Å². The maximum absolute atomic E-state index is 5.05. The molecule has 0 radical (unpaired) electrons. The van der Waals surface area contributed by atoms with E-state index in [9.17, 15) is 0 Å². The molecule has 0 atom stereocenters. The third-order valence-electron chi connectivity index (χ3n) is 1.80. The number of hydrogen-bond acceptors (Lipinski definition) is 2. The number of nitrogens with one attached hydrogen (secondary N) is 1. The molecule has 0 saturated heterocycles. The van der Waals surface area contributed by atoms with Crippen molar-refractivity contribution in [2.45, 2.75) is 13.5 Å². The van der Waals surface area contributed by atoms with E-state index < -0.39 is 0 Å². The standard InChI is InChI=1S/C12H15NO/c1-3-4-8-13-12-7-5-6-11(9-12)10-14-2/h5-7,9,13H,8,10H2,1-2H3. The van der Waals surface area contributed by atoms with E-state index in [1.165, 1.54) is 5.56 Å². The largest absolute Gasteiger partial charge is 0.380 e. The van der Waals surface area contributed by atoms with Crippen LogP contribution in [0.15, 0.2) is 24.3 Å². The minimum absolute atomic E-state index is 0.648. The highest BCUT2D eigenvalue weighted by atomic mass is 16.5. The average Bonchev–Trinajstić information content (AvgIpc) is 2.19. The fourth-order valence-corrected chi connectivity index (χ4v) is 1.17. The van der Waals surface area contributed by atoms with Crippen LogP contribution in [-0.4, -0.2) is 13.7 Å². The molecular weight excluding hydrogens is 174 g/mol. The Morgan fingerprint density at radius 2 is 2.29 bits per heavy atom. The number of rotatable bonds is 4. The van der Waals surface area contributed by atoms with Crippen LogP contribution in [0.5, 0.6) is 0 Å². The molecule has 0 aliphatic carbocycles. The van der Waals surface area contributed by atoms with Gasteiger partial charge in [-0.1, -0.05) is 18.1 Å². The lowest BCUT2D eigenvalue weighted by atomic mass is 10.2. The van der Waals surface area contributed by atoms with Gasteiger partial charge in [0, 0.05) is 12.8 Å².